The van der Waals surface area contributed by atoms with Crippen LogP contribution >= 0.6 is 11.8 Å². The van der Waals surface area contributed by atoms with E-state index in [4.69, 9.17) is 4.42 Å². The maximum atomic E-state index is 13.4. The van der Waals surface area contributed by atoms with Crippen LogP contribution in [0.3, 0.4) is 0 Å². The number of rotatable bonds is 8. The fraction of sp³-hybridized carbons (Fsp3) is 0.333. The van der Waals surface area contributed by atoms with E-state index in [9.17, 15) is 13.2 Å². The third kappa shape index (κ3) is 5.47. The standard InChI is InChI=1S/C15H16F3NOS/c16-14-4-2-1-3-11(14)7-8-19-9-12-5-6-13(20-12)10-21-15(17)18/h1-6,15,19H,7-10H2. The predicted octanol–water partition coefficient (Wildman–Crippen LogP) is 4.21. The second-order valence-corrected chi connectivity index (χ2v) is 5.44. The number of alkyl halides is 2. The summed E-state index contributed by atoms with van der Waals surface area (Å²) in [5.41, 5.74) is 0.665. The molecule has 1 N–H and O–H groups in total. The number of hydrogen-bond donors (Lipinski definition) is 1. The Bertz CT molecular complexity index is 559. The third-order valence-electron chi connectivity index (χ3n) is 2.90. The first-order valence-electron chi connectivity index (χ1n) is 6.56. The molecule has 1 aromatic carbocycles. The van der Waals surface area contributed by atoms with Crippen LogP contribution in [-0.2, 0) is 18.7 Å². The van der Waals surface area contributed by atoms with E-state index in [0.29, 0.717) is 48.4 Å². The lowest BCUT2D eigenvalue weighted by Gasteiger charge is -2.04. The molecule has 114 valence electrons. The van der Waals surface area contributed by atoms with Crippen LogP contribution in [0, 0.1) is 5.82 Å². The molecule has 0 aliphatic heterocycles. The Morgan fingerprint density at radius 3 is 2.62 bits per heavy atom. The first-order chi connectivity index (χ1) is 10.1. The molecule has 0 amide bonds. The van der Waals surface area contributed by atoms with Gasteiger partial charge in [-0.1, -0.05) is 30.0 Å². The minimum Gasteiger partial charge on any atom is -0.464 e. The Kier molecular flexibility index (Phi) is 6.20. The highest BCUT2D eigenvalue weighted by atomic mass is 32.2. The summed E-state index contributed by atoms with van der Waals surface area (Å²) in [6, 6.07) is 10.1. The molecule has 0 fully saturated rings. The summed E-state index contributed by atoms with van der Waals surface area (Å²) >= 11 is 0.536. The van der Waals surface area contributed by atoms with E-state index in [1.165, 1.54) is 6.07 Å². The van der Waals surface area contributed by atoms with E-state index in [-0.39, 0.29) is 11.6 Å². The van der Waals surface area contributed by atoms with Gasteiger partial charge < -0.3 is 9.73 Å². The number of benzene rings is 1. The fourth-order valence-corrected chi connectivity index (χ4v) is 2.32. The highest BCUT2D eigenvalue weighted by molar-refractivity contribution is 7.98. The highest BCUT2D eigenvalue weighted by Gasteiger charge is 2.07. The first kappa shape index (κ1) is 16.0. The molecule has 1 aromatic heterocycles. The lowest BCUT2D eigenvalue weighted by Crippen LogP contribution is -2.16. The van der Waals surface area contributed by atoms with Gasteiger partial charge >= 0.3 is 0 Å². The summed E-state index contributed by atoms with van der Waals surface area (Å²) in [5, 5.41) is 3.14. The second-order valence-electron chi connectivity index (χ2n) is 4.46. The summed E-state index contributed by atoms with van der Waals surface area (Å²) in [6.45, 7) is 1.11. The lowest BCUT2D eigenvalue weighted by atomic mass is 10.1. The molecule has 1 heterocycles. The van der Waals surface area contributed by atoms with Gasteiger partial charge in [0.25, 0.3) is 5.76 Å². The van der Waals surface area contributed by atoms with Gasteiger partial charge in [-0.2, -0.15) is 8.78 Å². The number of nitrogens with one attached hydrogen (secondary N) is 1. The van der Waals surface area contributed by atoms with E-state index in [1.54, 1.807) is 30.3 Å². The van der Waals surface area contributed by atoms with Crippen molar-refractivity contribution in [1.82, 2.24) is 5.32 Å². The van der Waals surface area contributed by atoms with Crippen molar-refractivity contribution in [1.29, 1.82) is 0 Å². The van der Waals surface area contributed by atoms with Gasteiger partial charge in [0.05, 0.1) is 12.3 Å². The molecule has 0 aliphatic carbocycles. The van der Waals surface area contributed by atoms with Crippen LogP contribution < -0.4 is 5.32 Å². The van der Waals surface area contributed by atoms with E-state index in [2.05, 4.69) is 5.32 Å². The molecule has 0 saturated heterocycles. The third-order valence-corrected chi connectivity index (χ3v) is 3.60. The Hall–Kier alpha value is -1.40. The maximum absolute atomic E-state index is 13.4. The molecule has 2 nitrogen and oxygen atoms in total. The quantitative estimate of drug-likeness (QED) is 0.739. The number of furan rings is 1. The van der Waals surface area contributed by atoms with E-state index in [1.807, 2.05) is 0 Å². The van der Waals surface area contributed by atoms with Gasteiger partial charge in [0.2, 0.25) is 0 Å². The van der Waals surface area contributed by atoms with Crippen LogP contribution in [0.5, 0.6) is 0 Å². The number of halogens is 3. The van der Waals surface area contributed by atoms with Crippen molar-refractivity contribution in [3.63, 3.8) is 0 Å². The molecule has 2 rings (SSSR count). The van der Waals surface area contributed by atoms with Crippen LogP contribution in [0.25, 0.3) is 0 Å². The van der Waals surface area contributed by atoms with Crippen molar-refractivity contribution < 1.29 is 17.6 Å². The van der Waals surface area contributed by atoms with Crippen LogP contribution in [-0.4, -0.2) is 12.3 Å². The Labute approximate surface area is 125 Å². The van der Waals surface area contributed by atoms with Crippen molar-refractivity contribution in [2.24, 2.45) is 0 Å². The van der Waals surface area contributed by atoms with Crippen molar-refractivity contribution in [3.05, 3.63) is 59.3 Å². The molecular formula is C15H16F3NOS. The van der Waals surface area contributed by atoms with Crippen molar-refractivity contribution in [2.45, 2.75) is 24.5 Å². The summed E-state index contributed by atoms with van der Waals surface area (Å²) in [6.07, 6.45) is 0.585. The van der Waals surface area contributed by atoms with Crippen LogP contribution in [0.2, 0.25) is 0 Å². The number of thioether (sulfide) groups is 1. The van der Waals surface area contributed by atoms with Gasteiger partial charge in [-0.25, -0.2) is 4.39 Å². The summed E-state index contributed by atoms with van der Waals surface area (Å²) in [5.74, 6) is -1.21. The smallest absolute Gasteiger partial charge is 0.284 e. The normalized spacial score (nSPS) is 11.2. The van der Waals surface area contributed by atoms with Crippen LogP contribution in [0.1, 0.15) is 17.1 Å². The van der Waals surface area contributed by atoms with E-state index >= 15 is 0 Å². The van der Waals surface area contributed by atoms with Gasteiger partial charge in [-0.15, -0.1) is 0 Å². The van der Waals surface area contributed by atoms with Crippen LogP contribution in [0.15, 0.2) is 40.8 Å². The molecule has 0 aliphatic rings. The summed E-state index contributed by atoms with van der Waals surface area (Å²) in [7, 11) is 0. The zero-order valence-corrected chi connectivity index (χ0v) is 12.1. The van der Waals surface area contributed by atoms with Gasteiger partial charge in [0.1, 0.15) is 17.3 Å². The molecule has 0 radical (unpaired) electrons. The first-order valence-corrected chi connectivity index (χ1v) is 7.61. The SMILES string of the molecule is Fc1ccccc1CCNCc1ccc(CSC(F)F)o1. The van der Waals surface area contributed by atoms with Gasteiger partial charge in [-0.3, -0.25) is 0 Å². The highest BCUT2D eigenvalue weighted by Crippen LogP contribution is 2.21. The van der Waals surface area contributed by atoms with E-state index < -0.39 is 5.76 Å². The Morgan fingerprint density at radius 2 is 1.86 bits per heavy atom. The summed E-state index contributed by atoms with van der Waals surface area (Å²) in [4.78, 5) is 0. The average Bonchev–Trinajstić information content (AvgIpc) is 2.91. The predicted molar refractivity (Wildman–Crippen MR) is 77.8 cm³/mol. The second kappa shape index (κ2) is 8.14. The molecule has 0 saturated carbocycles. The Balaban J connectivity index is 1.70. The molecule has 0 atom stereocenters. The van der Waals surface area contributed by atoms with Crippen molar-refractivity contribution >= 4 is 11.8 Å². The van der Waals surface area contributed by atoms with Crippen molar-refractivity contribution in [3.8, 4) is 0 Å². The molecule has 6 heteroatoms. The topological polar surface area (TPSA) is 25.2 Å². The minimum absolute atomic E-state index is 0.160. The zero-order chi connectivity index (χ0) is 15.1. The molecular weight excluding hydrogens is 299 g/mol. The fourth-order valence-electron chi connectivity index (χ4n) is 1.88. The van der Waals surface area contributed by atoms with Crippen LogP contribution in [0.4, 0.5) is 13.2 Å². The average molecular weight is 315 g/mol. The van der Waals surface area contributed by atoms with Crippen molar-refractivity contribution in [2.75, 3.05) is 6.54 Å². The Morgan fingerprint density at radius 1 is 1.10 bits per heavy atom. The summed E-state index contributed by atoms with van der Waals surface area (Å²) < 4.78 is 42.9. The van der Waals surface area contributed by atoms with Gasteiger partial charge in [0.15, 0.2) is 0 Å². The largest absolute Gasteiger partial charge is 0.464 e. The zero-order valence-electron chi connectivity index (χ0n) is 11.3. The van der Waals surface area contributed by atoms with Gasteiger partial charge in [-0.05, 0) is 36.7 Å². The molecule has 0 unspecified atom stereocenters. The monoisotopic (exact) mass is 315 g/mol. The lowest BCUT2D eigenvalue weighted by molar-refractivity contribution is 0.251. The van der Waals surface area contributed by atoms with Gasteiger partial charge in [0, 0.05) is 0 Å². The van der Waals surface area contributed by atoms with E-state index in [0.717, 1.165) is 0 Å². The molecule has 2 aromatic rings. The molecule has 0 spiro atoms. The number of hydrogen-bond acceptors (Lipinski definition) is 3. The minimum atomic E-state index is -2.39. The maximum Gasteiger partial charge on any atom is 0.284 e. The molecule has 21 heavy (non-hydrogen) atoms. The molecule has 0 bridgehead atoms.